The minimum atomic E-state index is -3.74. The smallest absolute Gasteiger partial charge is 0.244 e. The van der Waals surface area contributed by atoms with E-state index in [0.717, 1.165) is 12.8 Å². The maximum atomic E-state index is 13.3. The lowest BCUT2D eigenvalue weighted by atomic mass is 10.1. The number of methoxy groups -OCH3 is 1. The third-order valence-electron chi connectivity index (χ3n) is 4.68. The molecule has 0 bridgehead atoms. The van der Waals surface area contributed by atoms with E-state index in [2.05, 4.69) is 0 Å². The number of rotatable bonds is 5. The van der Waals surface area contributed by atoms with Gasteiger partial charge in [0.15, 0.2) is 9.84 Å². The number of nitrogens with zero attached hydrogens (tertiary/aromatic N) is 1. The molecule has 6 nitrogen and oxygen atoms in total. The average molecular weight is 373 g/mol. The SMILES string of the molecule is COc1cc(C)c(S(=O)(=O)N(C2CC2)C2CCS(=O)(=O)C2)c(C)c1. The van der Waals surface area contributed by atoms with Crippen molar-refractivity contribution in [1.82, 2.24) is 4.31 Å². The minimum absolute atomic E-state index is 0.0665. The van der Waals surface area contributed by atoms with Gasteiger partial charge in [-0.25, -0.2) is 16.8 Å². The van der Waals surface area contributed by atoms with Gasteiger partial charge in [-0.3, -0.25) is 0 Å². The Balaban J connectivity index is 2.05. The molecule has 3 rings (SSSR count). The molecule has 1 unspecified atom stereocenters. The van der Waals surface area contributed by atoms with Crippen LogP contribution in [0.5, 0.6) is 5.75 Å². The molecule has 1 saturated carbocycles. The van der Waals surface area contributed by atoms with E-state index < -0.39 is 25.9 Å². The number of hydrogen-bond donors (Lipinski definition) is 0. The van der Waals surface area contributed by atoms with Crippen molar-refractivity contribution in [3.8, 4) is 5.75 Å². The zero-order valence-corrected chi connectivity index (χ0v) is 15.8. The summed E-state index contributed by atoms with van der Waals surface area (Å²) in [6.07, 6.45) is 1.97. The first kappa shape index (κ1) is 17.7. The summed E-state index contributed by atoms with van der Waals surface area (Å²) in [5.74, 6) is 0.610. The summed E-state index contributed by atoms with van der Waals surface area (Å²) < 4.78 is 57.0. The van der Waals surface area contributed by atoms with Crippen LogP contribution in [0.25, 0.3) is 0 Å². The summed E-state index contributed by atoms with van der Waals surface area (Å²) in [7, 11) is -5.35. The summed E-state index contributed by atoms with van der Waals surface area (Å²) in [5.41, 5.74) is 1.25. The van der Waals surface area contributed by atoms with Crippen LogP contribution in [0.3, 0.4) is 0 Å². The number of ether oxygens (including phenoxy) is 1. The van der Waals surface area contributed by atoms with E-state index in [1.807, 2.05) is 0 Å². The third kappa shape index (κ3) is 3.19. The number of aryl methyl sites for hydroxylation is 2. The molecular formula is C16H23NO5S2. The molecule has 0 spiro atoms. The highest BCUT2D eigenvalue weighted by Gasteiger charge is 2.46. The van der Waals surface area contributed by atoms with E-state index in [1.165, 1.54) is 4.31 Å². The molecule has 0 aromatic heterocycles. The molecule has 0 amide bonds. The lowest BCUT2D eigenvalue weighted by Crippen LogP contribution is -2.43. The molecule has 0 radical (unpaired) electrons. The minimum Gasteiger partial charge on any atom is -0.497 e. The quantitative estimate of drug-likeness (QED) is 0.784. The molecule has 2 fully saturated rings. The van der Waals surface area contributed by atoms with Crippen LogP contribution in [0.1, 0.15) is 30.4 Å². The van der Waals surface area contributed by atoms with E-state index in [-0.39, 0.29) is 22.4 Å². The molecule has 1 aromatic rings. The Labute approximate surface area is 143 Å². The first-order valence-corrected chi connectivity index (χ1v) is 11.3. The average Bonchev–Trinajstić information content (AvgIpc) is 3.21. The second-order valence-corrected chi connectivity index (χ2v) is 10.7. The van der Waals surface area contributed by atoms with E-state index in [0.29, 0.717) is 23.3 Å². The van der Waals surface area contributed by atoms with Crippen molar-refractivity contribution in [3.63, 3.8) is 0 Å². The summed E-state index contributed by atoms with van der Waals surface area (Å²) >= 11 is 0. The molecule has 1 aliphatic carbocycles. The standard InChI is InChI=1S/C16H23NO5S2/c1-11-8-15(22-3)9-12(2)16(11)24(20,21)17(13-4-5-13)14-6-7-23(18,19)10-14/h8-9,13-14H,4-7,10H2,1-3H3. The highest BCUT2D eigenvalue weighted by atomic mass is 32.2. The van der Waals surface area contributed by atoms with Gasteiger partial charge >= 0.3 is 0 Å². The van der Waals surface area contributed by atoms with Gasteiger partial charge in [0.2, 0.25) is 10.0 Å². The van der Waals surface area contributed by atoms with Gasteiger partial charge in [0.1, 0.15) is 5.75 Å². The Hall–Kier alpha value is -1.12. The molecular weight excluding hydrogens is 350 g/mol. The van der Waals surface area contributed by atoms with Crippen LogP contribution in [0.4, 0.5) is 0 Å². The van der Waals surface area contributed by atoms with Gasteiger partial charge < -0.3 is 4.74 Å². The van der Waals surface area contributed by atoms with Gasteiger partial charge in [0.05, 0.1) is 23.5 Å². The highest BCUT2D eigenvalue weighted by molar-refractivity contribution is 7.92. The predicted octanol–water partition coefficient (Wildman–Crippen LogP) is 1.65. The summed E-state index contributed by atoms with van der Waals surface area (Å²) in [6.45, 7) is 3.50. The van der Waals surface area contributed by atoms with E-state index in [9.17, 15) is 16.8 Å². The van der Waals surface area contributed by atoms with E-state index in [4.69, 9.17) is 4.74 Å². The summed E-state index contributed by atoms with van der Waals surface area (Å²) in [5, 5.41) is 0. The Morgan fingerprint density at radius 2 is 1.67 bits per heavy atom. The van der Waals surface area contributed by atoms with Crippen molar-refractivity contribution >= 4 is 19.9 Å². The maximum absolute atomic E-state index is 13.3. The zero-order valence-electron chi connectivity index (χ0n) is 14.1. The molecule has 8 heteroatoms. The number of sulfonamides is 1. The van der Waals surface area contributed by atoms with Gasteiger partial charge in [-0.15, -0.1) is 0 Å². The molecule has 2 aliphatic rings. The van der Waals surface area contributed by atoms with Gasteiger partial charge in [-0.1, -0.05) is 0 Å². The van der Waals surface area contributed by atoms with Crippen LogP contribution in [0.2, 0.25) is 0 Å². The topological polar surface area (TPSA) is 80.8 Å². The van der Waals surface area contributed by atoms with Crippen LogP contribution < -0.4 is 4.74 Å². The van der Waals surface area contributed by atoms with Crippen LogP contribution in [-0.2, 0) is 19.9 Å². The van der Waals surface area contributed by atoms with Crippen LogP contribution in [0.15, 0.2) is 17.0 Å². The van der Waals surface area contributed by atoms with E-state index >= 15 is 0 Å². The Kier molecular flexibility index (Phi) is 4.42. The van der Waals surface area contributed by atoms with Gasteiger partial charge in [0, 0.05) is 12.1 Å². The van der Waals surface area contributed by atoms with Crippen molar-refractivity contribution in [2.75, 3.05) is 18.6 Å². The largest absolute Gasteiger partial charge is 0.497 e. The monoisotopic (exact) mass is 373 g/mol. The fourth-order valence-electron chi connectivity index (χ4n) is 3.54. The second-order valence-electron chi connectivity index (χ2n) is 6.71. The second kappa shape index (κ2) is 6.00. The van der Waals surface area contributed by atoms with Gasteiger partial charge in [-0.2, -0.15) is 4.31 Å². The maximum Gasteiger partial charge on any atom is 0.244 e. The van der Waals surface area contributed by atoms with Crippen molar-refractivity contribution in [1.29, 1.82) is 0 Å². The lowest BCUT2D eigenvalue weighted by Gasteiger charge is -2.29. The molecule has 0 N–H and O–H groups in total. The van der Waals surface area contributed by atoms with Crippen LogP contribution >= 0.6 is 0 Å². The Morgan fingerprint density at radius 1 is 1.08 bits per heavy atom. The number of sulfone groups is 1. The molecule has 1 atom stereocenters. The van der Waals surface area contributed by atoms with Crippen molar-refractivity contribution < 1.29 is 21.6 Å². The summed E-state index contributed by atoms with van der Waals surface area (Å²) in [6, 6.07) is 2.88. The predicted molar refractivity (Wildman–Crippen MR) is 91.6 cm³/mol. The van der Waals surface area contributed by atoms with Gasteiger partial charge in [0.25, 0.3) is 0 Å². The van der Waals surface area contributed by atoms with Crippen molar-refractivity contribution in [2.45, 2.75) is 50.1 Å². The molecule has 1 aliphatic heterocycles. The van der Waals surface area contributed by atoms with Crippen molar-refractivity contribution in [3.05, 3.63) is 23.3 Å². The summed E-state index contributed by atoms with van der Waals surface area (Å²) in [4.78, 5) is 0.277. The first-order valence-electron chi connectivity index (χ1n) is 8.05. The zero-order chi connectivity index (χ0) is 17.7. The lowest BCUT2D eigenvalue weighted by molar-refractivity contribution is 0.332. The first-order chi connectivity index (χ1) is 11.2. The number of benzene rings is 1. The Bertz CT molecular complexity index is 833. The van der Waals surface area contributed by atoms with Gasteiger partial charge in [-0.05, 0) is 56.4 Å². The fraction of sp³-hybridized carbons (Fsp3) is 0.625. The molecule has 1 aromatic carbocycles. The molecule has 1 heterocycles. The van der Waals surface area contributed by atoms with E-state index in [1.54, 1.807) is 33.1 Å². The Morgan fingerprint density at radius 3 is 2.08 bits per heavy atom. The van der Waals surface area contributed by atoms with Crippen LogP contribution in [-0.4, -0.2) is 51.8 Å². The van der Waals surface area contributed by atoms with Crippen molar-refractivity contribution in [2.24, 2.45) is 0 Å². The fourth-order valence-corrected chi connectivity index (χ4v) is 7.66. The molecule has 134 valence electrons. The number of hydrogen-bond acceptors (Lipinski definition) is 5. The van der Waals surface area contributed by atoms with Crippen LogP contribution in [0, 0.1) is 13.8 Å². The normalized spacial score (nSPS) is 23.6. The molecule has 1 saturated heterocycles. The molecule has 24 heavy (non-hydrogen) atoms. The highest BCUT2D eigenvalue weighted by Crippen LogP contribution is 2.39. The third-order valence-corrected chi connectivity index (χ3v) is 8.74.